The molecule has 0 radical (unpaired) electrons. The van der Waals surface area contributed by atoms with Gasteiger partial charge in [0.2, 0.25) is 0 Å². The van der Waals surface area contributed by atoms with Crippen molar-refractivity contribution in [3.63, 3.8) is 0 Å². The molecule has 2 nitrogen and oxygen atoms in total. The minimum atomic E-state index is -3.41. The van der Waals surface area contributed by atoms with Gasteiger partial charge >= 0.3 is 174 Å². The number of halogens is 3. The zero-order chi connectivity index (χ0) is 19.9. The van der Waals surface area contributed by atoms with Crippen LogP contribution in [0.2, 0.25) is 13.3 Å². The van der Waals surface area contributed by atoms with E-state index in [1.807, 2.05) is 4.40 Å². The maximum atomic E-state index is 13.5. The number of thioether (sulfide) groups is 1. The third-order valence-electron chi connectivity index (χ3n) is 5.13. The Bertz CT molecular complexity index is 680. The van der Waals surface area contributed by atoms with Crippen LogP contribution in [0.1, 0.15) is 59.3 Å². The fourth-order valence-electron chi connectivity index (χ4n) is 3.55. The van der Waals surface area contributed by atoms with Crippen LogP contribution in [0.5, 0.6) is 0 Å². The molecule has 0 aliphatic rings. The summed E-state index contributed by atoms with van der Waals surface area (Å²) in [5.41, 5.74) is 0. The number of fused-ring (bicyclic) bond motifs is 1. The van der Waals surface area contributed by atoms with Gasteiger partial charge in [-0.2, -0.15) is 0 Å². The first kappa shape index (κ1) is 23.4. The van der Waals surface area contributed by atoms with Crippen LogP contribution in [0.15, 0.2) is 17.6 Å². The monoisotopic (exact) mass is 528 g/mol. The summed E-state index contributed by atoms with van der Waals surface area (Å²) < 4.78 is 47.1. The van der Waals surface area contributed by atoms with Gasteiger partial charge in [-0.3, -0.25) is 0 Å². The van der Waals surface area contributed by atoms with Crippen LogP contribution in [-0.2, 0) is 0 Å². The second-order valence-corrected chi connectivity index (χ2v) is 23.7. The maximum absolute atomic E-state index is 13.5. The number of thiazole rings is 1. The van der Waals surface area contributed by atoms with Gasteiger partial charge in [0, 0.05) is 0 Å². The van der Waals surface area contributed by atoms with Crippen molar-refractivity contribution in [2.45, 2.75) is 82.9 Å². The number of nitrogens with zero attached hydrogens (tertiary/aromatic N) is 2. The van der Waals surface area contributed by atoms with Gasteiger partial charge in [0.05, 0.1) is 0 Å². The Labute approximate surface area is 173 Å². The van der Waals surface area contributed by atoms with Gasteiger partial charge < -0.3 is 0 Å². The molecule has 0 bridgehead atoms. The second kappa shape index (κ2) is 10.8. The van der Waals surface area contributed by atoms with E-state index in [0.717, 1.165) is 4.83 Å². The van der Waals surface area contributed by atoms with Crippen molar-refractivity contribution < 1.29 is 13.2 Å². The molecule has 0 aliphatic carbocycles. The summed E-state index contributed by atoms with van der Waals surface area (Å²) in [5, 5.41) is -3.15. The Morgan fingerprint density at radius 2 is 1.63 bits per heavy atom. The van der Waals surface area contributed by atoms with Crippen molar-refractivity contribution in [1.82, 2.24) is 9.38 Å². The normalized spacial score (nSPS) is 13.0. The van der Waals surface area contributed by atoms with Crippen molar-refractivity contribution in [1.29, 1.82) is 0 Å². The molecule has 154 valence electrons. The van der Waals surface area contributed by atoms with Gasteiger partial charge in [0.25, 0.3) is 0 Å². The number of unbranched alkanes of at least 4 members (excludes halogenated alkanes) is 3. The van der Waals surface area contributed by atoms with Gasteiger partial charge in [0.15, 0.2) is 0 Å². The summed E-state index contributed by atoms with van der Waals surface area (Å²) in [5.74, 6) is 0. The molecule has 0 atom stereocenters. The van der Waals surface area contributed by atoms with Gasteiger partial charge in [-0.15, -0.1) is 0 Å². The van der Waals surface area contributed by atoms with Crippen LogP contribution in [0, 0.1) is 0 Å². The van der Waals surface area contributed by atoms with Gasteiger partial charge in [0.1, 0.15) is 0 Å². The third kappa shape index (κ3) is 6.04. The summed E-state index contributed by atoms with van der Waals surface area (Å²) >= 11 is -0.673. The second-order valence-electron chi connectivity index (χ2n) is 7.32. The van der Waals surface area contributed by atoms with Gasteiger partial charge in [-0.05, 0) is 0 Å². The number of imidazole rings is 1. The number of hydrogen-bond donors (Lipinski definition) is 0. The molecule has 0 aliphatic heterocycles. The molecule has 2 rings (SSSR count). The van der Waals surface area contributed by atoms with Crippen LogP contribution in [-0.4, -0.2) is 39.7 Å². The van der Waals surface area contributed by atoms with Gasteiger partial charge in [-0.25, -0.2) is 0 Å². The minimum absolute atomic E-state index is 0.253. The SMILES string of the molecule is CCC[CH2][Sn]([CH2]CCC)([CH2]CCC)[c]1cn2cnc(SC(F)(F)CF)c2s1. The molecule has 0 unspecified atom stereocenters. The summed E-state index contributed by atoms with van der Waals surface area (Å²) in [6, 6.07) is 0. The standard InChI is InChI=1S/C7H4F3N2S2.3C4H9.Sn/c8-3-7(9,10)14-5-6-12(4-11-5)1-2-13-6;3*1-3-4-2;/h1,4H,3H2;3*1,3-4H2,2H3;. The molecular weight excluding hydrogens is 496 g/mol. The first-order chi connectivity index (χ1) is 12.9. The summed E-state index contributed by atoms with van der Waals surface area (Å²) in [7, 11) is 0. The Hall–Kier alpha value is 0.109. The molecule has 0 fully saturated rings. The summed E-state index contributed by atoms with van der Waals surface area (Å²) in [6.45, 7) is 5.07. The molecule has 2 heterocycles. The quantitative estimate of drug-likeness (QED) is 0.204. The molecule has 0 amide bonds. The molecule has 0 N–H and O–H groups in total. The van der Waals surface area contributed by atoms with Crippen molar-refractivity contribution in [3.8, 4) is 0 Å². The first-order valence-electron chi connectivity index (χ1n) is 10.0. The topological polar surface area (TPSA) is 17.3 Å². The summed E-state index contributed by atoms with van der Waals surface area (Å²) in [4.78, 5) is 4.87. The first-order valence-corrected chi connectivity index (χ1v) is 19.1. The van der Waals surface area contributed by atoms with Crippen LogP contribution < -0.4 is 2.89 Å². The number of rotatable bonds is 13. The average molecular weight is 527 g/mol. The molecule has 8 heteroatoms. The Morgan fingerprint density at radius 3 is 2.11 bits per heavy atom. The van der Waals surface area contributed by atoms with Crippen molar-refractivity contribution in [3.05, 3.63) is 12.5 Å². The molecule has 0 saturated carbocycles. The van der Waals surface area contributed by atoms with Crippen molar-refractivity contribution in [2.24, 2.45) is 0 Å². The zero-order valence-corrected chi connectivity index (χ0v) is 21.1. The van der Waals surface area contributed by atoms with E-state index in [1.165, 1.54) is 54.7 Å². The average Bonchev–Trinajstić information content (AvgIpc) is 3.24. The molecule has 2 aromatic heterocycles. The number of aromatic nitrogens is 2. The van der Waals surface area contributed by atoms with Crippen LogP contribution in [0.25, 0.3) is 4.83 Å². The van der Waals surface area contributed by atoms with E-state index in [2.05, 4.69) is 32.0 Å². The van der Waals surface area contributed by atoms with E-state index in [4.69, 9.17) is 0 Å². The molecule has 0 saturated heterocycles. The summed E-state index contributed by atoms with van der Waals surface area (Å²) in [6.07, 6.45) is 11.2. The fourth-order valence-corrected chi connectivity index (χ4v) is 24.4. The van der Waals surface area contributed by atoms with E-state index in [1.54, 1.807) is 17.7 Å². The van der Waals surface area contributed by atoms with E-state index >= 15 is 0 Å². The van der Waals surface area contributed by atoms with Crippen LogP contribution in [0.4, 0.5) is 13.2 Å². The zero-order valence-electron chi connectivity index (χ0n) is 16.6. The molecular formula is C19H31F3N2S2Sn. The Balaban J connectivity index is 2.41. The third-order valence-corrected chi connectivity index (χ3v) is 25.4. The van der Waals surface area contributed by atoms with Crippen LogP contribution >= 0.6 is 23.1 Å². The van der Waals surface area contributed by atoms with E-state index < -0.39 is 30.3 Å². The molecule has 27 heavy (non-hydrogen) atoms. The van der Waals surface area contributed by atoms with Crippen molar-refractivity contribution in [2.75, 3.05) is 6.67 Å². The molecule has 0 aromatic carbocycles. The molecule has 0 spiro atoms. The number of hydrogen-bond acceptors (Lipinski definition) is 3. The predicted molar refractivity (Wildman–Crippen MR) is 114 cm³/mol. The van der Waals surface area contributed by atoms with E-state index in [-0.39, 0.29) is 16.8 Å². The van der Waals surface area contributed by atoms with Crippen LogP contribution in [0.3, 0.4) is 0 Å². The van der Waals surface area contributed by atoms with E-state index in [9.17, 15) is 13.2 Å². The van der Waals surface area contributed by atoms with E-state index in [0.29, 0.717) is 0 Å². The Morgan fingerprint density at radius 1 is 1.07 bits per heavy atom. The Kier molecular flexibility index (Phi) is 9.32. The predicted octanol–water partition coefficient (Wildman–Crippen LogP) is 7.11. The fraction of sp³-hybridized carbons (Fsp3) is 0.737. The molecule has 2 aromatic rings. The van der Waals surface area contributed by atoms with Gasteiger partial charge in [-0.1, -0.05) is 0 Å². The van der Waals surface area contributed by atoms with Crippen molar-refractivity contribution >= 4 is 49.2 Å². The number of alkyl halides is 3.